The summed E-state index contributed by atoms with van der Waals surface area (Å²) >= 11 is 7.14. The van der Waals surface area contributed by atoms with Crippen molar-refractivity contribution in [3.8, 4) is 5.75 Å². The number of benzene rings is 1. The number of methoxy groups -OCH3 is 1. The Hall–Kier alpha value is -1.84. The van der Waals surface area contributed by atoms with Gasteiger partial charge in [-0.1, -0.05) is 11.6 Å². The fourth-order valence-electron chi connectivity index (χ4n) is 1.88. The van der Waals surface area contributed by atoms with Gasteiger partial charge >= 0.3 is 0 Å². The Morgan fingerprint density at radius 1 is 1.42 bits per heavy atom. The predicted octanol–water partition coefficient (Wildman–Crippen LogP) is 2.67. The van der Waals surface area contributed by atoms with Crippen molar-refractivity contribution >= 4 is 49.7 Å². The van der Waals surface area contributed by atoms with E-state index in [0.29, 0.717) is 22.2 Å². The first-order chi connectivity index (χ1) is 11.2. The number of carbonyl (C=O) groups is 1. The lowest BCUT2D eigenvalue weighted by Crippen LogP contribution is -2.15. The van der Waals surface area contributed by atoms with E-state index in [0.717, 1.165) is 23.2 Å². The van der Waals surface area contributed by atoms with Gasteiger partial charge in [0.25, 0.3) is 0 Å². The van der Waals surface area contributed by atoms with Gasteiger partial charge in [-0.2, -0.15) is 0 Å². The lowest BCUT2D eigenvalue weighted by molar-refractivity contribution is -0.115. The van der Waals surface area contributed by atoms with Crippen LogP contribution in [0.1, 0.15) is 11.3 Å². The maximum absolute atomic E-state index is 12.2. The van der Waals surface area contributed by atoms with E-state index in [1.54, 1.807) is 17.5 Å². The number of halogens is 1. The molecule has 0 aliphatic carbocycles. The third-order valence-electron chi connectivity index (χ3n) is 2.92. The summed E-state index contributed by atoms with van der Waals surface area (Å²) in [6.45, 7) is 1.82. The molecule has 0 radical (unpaired) electrons. The van der Waals surface area contributed by atoms with E-state index < -0.39 is 10.0 Å². The maximum Gasteiger partial charge on any atom is 0.231 e. The molecule has 0 unspecified atom stereocenters. The Kier molecular flexibility index (Phi) is 5.68. The second kappa shape index (κ2) is 7.37. The van der Waals surface area contributed by atoms with Crippen molar-refractivity contribution in [1.29, 1.82) is 0 Å². The number of hydrogen-bond acceptors (Lipinski definition) is 6. The van der Waals surface area contributed by atoms with Crippen LogP contribution in [0.3, 0.4) is 0 Å². The highest BCUT2D eigenvalue weighted by Gasteiger charge is 2.13. The van der Waals surface area contributed by atoms with Crippen molar-refractivity contribution in [3.05, 3.63) is 33.8 Å². The molecule has 2 rings (SSSR count). The highest BCUT2D eigenvalue weighted by molar-refractivity contribution is 7.92. The van der Waals surface area contributed by atoms with Crippen LogP contribution in [0.2, 0.25) is 5.02 Å². The zero-order valence-electron chi connectivity index (χ0n) is 13.2. The van der Waals surface area contributed by atoms with E-state index in [2.05, 4.69) is 15.0 Å². The standard InChI is InChI=1S/C14H16ClN3O4S2/c1-8-4-11(12(22-2)6-10(8)15)17-13(19)5-9-7-23-14(16-9)18-24(3,20)21/h4,6-7H,5H2,1-3H3,(H,16,18)(H,17,19). The number of aromatic nitrogens is 1. The summed E-state index contributed by atoms with van der Waals surface area (Å²) in [5, 5.41) is 5.13. The van der Waals surface area contributed by atoms with Crippen molar-refractivity contribution in [2.45, 2.75) is 13.3 Å². The van der Waals surface area contributed by atoms with Crippen LogP contribution in [0, 0.1) is 6.92 Å². The van der Waals surface area contributed by atoms with Crippen molar-refractivity contribution in [2.75, 3.05) is 23.4 Å². The van der Waals surface area contributed by atoms with E-state index in [9.17, 15) is 13.2 Å². The number of anilines is 2. The number of thiazole rings is 1. The number of carbonyl (C=O) groups excluding carboxylic acids is 1. The largest absolute Gasteiger partial charge is 0.495 e. The number of aryl methyl sites for hydroxylation is 1. The van der Waals surface area contributed by atoms with Gasteiger partial charge in [0.2, 0.25) is 15.9 Å². The quantitative estimate of drug-likeness (QED) is 0.791. The normalized spacial score (nSPS) is 11.2. The molecule has 7 nitrogen and oxygen atoms in total. The predicted molar refractivity (Wildman–Crippen MR) is 95.7 cm³/mol. The molecule has 0 aliphatic rings. The molecule has 0 saturated heterocycles. The van der Waals surface area contributed by atoms with Gasteiger partial charge < -0.3 is 10.1 Å². The summed E-state index contributed by atoms with van der Waals surface area (Å²) in [4.78, 5) is 16.2. The van der Waals surface area contributed by atoms with E-state index in [4.69, 9.17) is 16.3 Å². The molecule has 1 aromatic carbocycles. The molecule has 2 N–H and O–H groups in total. The number of hydrogen-bond donors (Lipinski definition) is 2. The Bertz CT molecular complexity index is 865. The molecule has 0 spiro atoms. The second-order valence-corrected chi connectivity index (χ2v) is 8.06. The van der Waals surface area contributed by atoms with E-state index >= 15 is 0 Å². The minimum Gasteiger partial charge on any atom is -0.495 e. The molecule has 0 atom stereocenters. The van der Waals surface area contributed by atoms with Gasteiger partial charge in [-0.05, 0) is 18.6 Å². The molecule has 24 heavy (non-hydrogen) atoms. The van der Waals surface area contributed by atoms with E-state index in [1.165, 1.54) is 7.11 Å². The minimum absolute atomic E-state index is 0.00672. The van der Waals surface area contributed by atoms with Crippen LogP contribution < -0.4 is 14.8 Å². The van der Waals surface area contributed by atoms with Gasteiger partial charge in [-0.3, -0.25) is 9.52 Å². The van der Waals surface area contributed by atoms with E-state index in [-0.39, 0.29) is 17.5 Å². The average molecular weight is 390 g/mol. The van der Waals surface area contributed by atoms with Crippen molar-refractivity contribution in [2.24, 2.45) is 0 Å². The van der Waals surface area contributed by atoms with Gasteiger partial charge in [0, 0.05) is 16.5 Å². The summed E-state index contributed by atoms with van der Waals surface area (Å²) in [5.41, 5.74) is 1.78. The van der Waals surface area contributed by atoms with Crippen LogP contribution in [0.25, 0.3) is 0 Å². The fourth-order valence-corrected chi connectivity index (χ4v) is 3.60. The van der Waals surface area contributed by atoms with Gasteiger partial charge in [0.15, 0.2) is 5.13 Å². The molecule has 2 aromatic rings. The fraction of sp³-hybridized carbons (Fsp3) is 0.286. The average Bonchev–Trinajstić information content (AvgIpc) is 2.87. The molecular formula is C14H16ClN3O4S2. The first-order valence-electron chi connectivity index (χ1n) is 6.74. The van der Waals surface area contributed by atoms with Crippen molar-refractivity contribution in [3.63, 3.8) is 0 Å². The number of nitrogens with one attached hydrogen (secondary N) is 2. The van der Waals surface area contributed by atoms with Crippen molar-refractivity contribution < 1.29 is 17.9 Å². The molecular weight excluding hydrogens is 374 g/mol. The molecule has 0 bridgehead atoms. The van der Waals surface area contributed by atoms with Gasteiger partial charge in [0.1, 0.15) is 5.75 Å². The highest BCUT2D eigenvalue weighted by Crippen LogP contribution is 2.31. The summed E-state index contributed by atoms with van der Waals surface area (Å²) in [6.07, 6.45) is 1.04. The lowest BCUT2D eigenvalue weighted by Gasteiger charge is -2.11. The van der Waals surface area contributed by atoms with Crippen molar-refractivity contribution in [1.82, 2.24) is 4.98 Å². The Balaban J connectivity index is 2.08. The molecule has 0 saturated carbocycles. The Labute approximate surface area is 149 Å². The molecule has 130 valence electrons. The second-order valence-electron chi connectivity index (χ2n) is 5.04. The van der Waals surface area contributed by atoms with Gasteiger partial charge in [-0.15, -0.1) is 11.3 Å². The molecule has 1 aromatic heterocycles. The summed E-state index contributed by atoms with van der Waals surface area (Å²) in [5.74, 6) is 0.155. The molecule has 0 aliphatic heterocycles. The molecule has 1 heterocycles. The monoisotopic (exact) mass is 389 g/mol. The van der Waals surface area contributed by atoms with Crippen LogP contribution >= 0.6 is 22.9 Å². The maximum atomic E-state index is 12.2. The molecule has 10 heteroatoms. The van der Waals surface area contributed by atoms with Crippen LogP contribution in [-0.4, -0.2) is 32.7 Å². The SMILES string of the molecule is COc1cc(Cl)c(C)cc1NC(=O)Cc1csc(NS(C)(=O)=O)n1. The number of rotatable bonds is 6. The lowest BCUT2D eigenvalue weighted by atomic mass is 10.2. The third kappa shape index (κ3) is 5.08. The molecule has 1 amide bonds. The minimum atomic E-state index is -3.39. The number of amides is 1. The van der Waals surface area contributed by atoms with Crippen LogP contribution in [-0.2, 0) is 21.2 Å². The first-order valence-corrected chi connectivity index (χ1v) is 9.89. The van der Waals surface area contributed by atoms with Crippen LogP contribution in [0.15, 0.2) is 17.5 Å². The van der Waals surface area contributed by atoms with Crippen LogP contribution in [0.4, 0.5) is 10.8 Å². The third-order valence-corrected chi connectivity index (χ3v) is 4.83. The first kappa shape index (κ1) is 18.5. The summed E-state index contributed by atoms with van der Waals surface area (Å²) in [6, 6.07) is 3.35. The van der Waals surface area contributed by atoms with E-state index in [1.807, 2.05) is 6.92 Å². The Morgan fingerprint density at radius 3 is 2.75 bits per heavy atom. The zero-order chi connectivity index (χ0) is 17.9. The highest BCUT2D eigenvalue weighted by atomic mass is 35.5. The van der Waals surface area contributed by atoms with Gasteiger partial charge in [0.05, 0.1) is 31.2 Å². The zero-order valence-corrected chi connectivity index (χ0v) is 15.6. The summed E-state index contributed by atoms with van der Waals surface area (Å²) < 4.78 is 29.8. The topological polar surface area (TPSA) is 97.4 Å². The Morgan fingerprint density at radius 2 is 2.12 bits per heavy atom. The number of sulfonamides is 1. The van der Waals surface area contributed by atoms with Crippen LogP contribution in [0.5, 0.6) is 5.75 Å². The summed E-state index contributed by atoms with van der Waals surface area (Å²) in [7, 11) is -1.90. The van der Waals surface area contributed by atoms with Gasteiger partial charge in [-0.25, -0.2) is 13.4 Å². The number of nitrogens with zero attached hydrogens (tertiary/aromatic N) is 1. The molecule has 0 fully saturated rings. The smallest absolute Gasteiger partial charge is 0.231 e. The number of ether oxygens (including phenoxy) is 1.